The van der Waals surface area contributed by atoms with Gasteiger partial charge in [0.2, 0.25) is 0 Å². The summed E-state index contributed by atoms with van der Waals surface area (Å²) in [5.74, 6) is 0. The molecule has 1 aromatic carbocycles. The first-order chi connectivity index (χ1) is 9.13. The predicted molar refractivity (Wildman–Crippen MR) is 75.3 cm³/mol. The van der Waals surface area contributed by atoms with Gasteiger partial charge in [-0.25, -0.2) is 4.98 Å². The third kappa shape index (κ3) is 2.37. The van der Waals surface area contributed by atoms with E-state index in [2.05, 4.69) is 25.9 Å². The summed E-state index contributed by atoms with van der Waals surface area (Å²) in [6.45, 7) is 0. The summed E-state index contributed by atoms with van der Waals surface area (Å²) in [6.07, 6.45) is 4.13. The van der Waals surface area contributed by atoms with Gasteiger partial charge in [-0.15, -0.1) is 0 Å². The second kappa shape index (κ2) is 4.73. The molecular formula is C13H11BrN4O. The first-order valence-electron chi connectivity index (χ1n) is 5.68. The van der Waals surface area contributed by atoms with E-state index in [4.69, 9.17) is 5.73 Å². The van der Waals surface area contributed by atoms with Crippen molar-refractivity contribution in [3.8, 4) is 11.3 Å². The van der Waals surface area contributed by atoms with Gasteiger partial charge >= 0.3 is 0 Å². The summed E-state index contributed by atoms with van der Waals surface area (Å²) in [4.78, 5) is 8.55. The highest BCUT2D eigenvalue weighted by Gasteiger charge is 2.08. The van der Waals surface area contributed by atoms with E-state index >= 15 is 0 Å². The second-order valence-corrected chi connectivity index (χ2v) is 5.07. The van der Waals surface area contributed by atoms with E-state index in [0.717, 1.165) is 15.7 Å². The minimum atomic E-state index is -1.07. The number of fused-ring (bicyclic) bond motifs is 1. The number of benzene rings is 1. The van der Waals surface area contributed by atoms with Crippen LogP contribution in [0.5, 0.6) is 0 Å². The average molecular weight is 319 g/mol. The van der Waals surface area contributed by atoms with Gasteiger partial charge in [0, 0.05) is 22.4 Å². The molecule has 0 amide bonds. The quantitative estimate of drug-likeness (QED) is 0.709. The second-order valence-electron chi connectivity index (χ2n) is 4.16. The predicted octanol–water partition coefficient (Wildman–Crippen LogP) is 2.11. The lowest BCUT2D eigenvalue weighted by atomic mass is 10.2. The molecule has 6 heteroatoms. The van der Waals surface area contributed by atoms with Crippen molar-refractivity contribution in [2.75, 3.05) is 0 Å². The third-order valence-corrected chi connectivity index (χ3v) is 3.28. The summed E-state index contributed by atoms with van der Waals surface area (Å²) in [7, 11) is 0. The van der Waals surface area contributed by atoms with E-state index in [1.165, 1.54) is 0 Å². The number of hydrogen-bond acceptors (Lipinski definition) is 4. The van der Waals surface area contributed by atoms with Gasteiger partial charge in [0.25, 0.3) is 0 Å². The van der Waals surface area contributed by atoms with Crippen molar-refractivity contribution >= 4 is 21.6 Å². The molecule has 0 aliphatic rings. The molecule has 3 rings (SSSR count). The van der Waals surface area contributed by atoms with Crippen molar-refractivity contribution in [1.29, 1.82) is 0 Å². The van der Waals surface area contributed by atoms with Gasteiger partial charge in [-0.2, -0.15) is 0 Å². The Balaban J connectivity index is 2.11. The Hall–Kier alpha value is -1.76. The number of nitrogens with zero attached hydrogens (tertiary/aromatic N) is 3. The molecule has 5 nitrogen and oxygen atoms in total. The zero-order chi connectivity index (χ0) is 13.4. The highest BCUT2D eigenvalue weighted by Crippen LogP contribution is 2.21. The number of aliphatic hydroxyl groups is 1. The summed E-state index contributed by atoms with van der Waals surface area (Å²) in [5.41, 5.74) is 8.30. The van der Waals surface area contributed by atoms with Gasteiger partial charge in [-0.3, -0.25) is 4.98 Å². The van der Waals surface area contributed by atoms with E-state index in [0.29, 0.717) is 11.3 Å². The van der Waals surface area contributed by atoms with E-state index < -0.39 is 6.23 Å². The van der Waals surface area contributed by atoms with Crippen LogP contribution in [0.1, 0.15) is 11.9 Å². The van der Waals surface area contributed by atoms with Crippen LogP contribution >= 0.6 is 15.9 Å². The van der Waals surface area contributed by atoms with Crippen LogP contribution in [0.15, 0.2) is 47.3 Å². The minimum Gasteiger partial charge on any atom is -0.373 e. The number of nitrogens with two attached hydrogens (primary N) is 1. The van der Waals surface area contributed by atoms with Crippen molar-refractivity contribution in [2.24, 2.45) is 5.73 Å². The van der Waals surface area contributed by atoms with E-state index in [9.17, 15) is 5.11 Å². The Morgan fingerprint density at radius 3 is 2.89 bits per heavy atom. The Kier molecular flexibility index (Phi) is 3.06. The fraction of sp³-hybridized carbons (Fsp3) is 0.0769. The summed E-state index contributed by atoms with van der Waals surface area (Å²) in [6, 6.07) is 7.88. The molecule has 2 heterocycles. The number of hydrogen-bond donors (Lipinski definition) is 2. The van der Waals surface area contributed by atoms with Crippen LogP contribution in [0.2, 0.25) is 0 Å². The number of aliphatic hydroxyl groups excluding tert-OH is 1. The highest BCUT2D eigenvalue weighted by molar-refractivity contribution is 9.10. The standard InChI is InChI=1S/C13H11BrN4O/c14-9-3-1-2-8(4-9)10-6-18-7-11(13(15)19)17-12(18)5-16-10/h1-7,13,19H,15H2. The fourth-order valence-electron chi connectivity index (χ4n) is 1.86. The number of imidazole rings is 1. The van der Waals surface area contributed by atoms with Crippen molar-refractivity contribution < 1.29 is 5.11 Å². The van der Waals surface area contributed by atoms with Gasteiger partial charge in [-0.1, -0.05) is 28.1 Å². The lowest BCUT2D eigenvalue weighted by molar-refractivity contribution is 0.182. The molecule has 96 valence electrons. The molecule has 3 N–H and O–H groups in total. The van der Waals surface area contributed by atoms with Gasteiger partial charge in [-0.05, 0) is 12.1 Å². The summed E-state index contributed by atoms with van der Waals surface area (Å²) < 4.78 is 2.80. The van der Waals surface area contributed by atoms with Crippen molar-refractivity contribution in [2.45, 2.75) is 6.23 Å². The molecule has 1 unspecified atom stereocenters. The maximum Gasteiger partial charge on any atom is 0.155 e. The molecule has 1 atom stereocenters. The number of halogens is 1. The third-order valence-electron chi connectivity index (χ3n) is 2.78. The molecule has 0 saturated heterocycles. The molecule has 19 heavy (non-hydrogen) atoms. The maximum absolute atomic E-state index is 9.32. The van der Waals surface area contributed by atoms with Crippen LogP contribution < -0.4 is 5.73 Å². The Bertz CT molecular complexity index is 738. The van der Waals surface area contributed by atoms with Gasteiger partial charge in [0.05, 0.1) is 11.9 Å². The number of rotatable bonds is 2. The van der Waals surface area contributed by atoms with Crippen molar-refractivity contribution in [3.63, 3.8) is 0 Å². The van der Waals surface area contributed by atoms with Crippen molar-refractivity contribution in [3.05, 3.63) is 53.0 Å². The lowest BCUT2D eigenvalue weighted by Crippen LogP contribution is -2.08. The van der Waals surface area contributed by atoms with Gasteiger partial charge < -0.3 is 15.2 Å². The topological polar surface area (TPSA) is 76.4 Å². The van der Waals surface area contributed by atoms with Crippen LogP contribution in [-0.2, 0) is 0 Å². The molecule has 0 aliphatic heterocycles. The van der Waals surface area contributed by atoms with Crippen LogP contribution in [0.3, 0.4) is 0 Å². The first kappa shape index (κ1) is 12.3. The monoisotopic (exact) mass is 318 g/mol. The maximum atomic E-state index is 9.32. The molecule has 0 aliphatic carbocycles. The SMILES string of the molecule is NC(O)c1cn2cc(-c3cccc(Br)c3)ncc2n1. The molecule has 0 saturated carbocycles. The summed E-state index contributed by atoms with van der Waals surface area (Å²) >= 11 is 3.44. The normalized spacial score (nSPS) is 12.8. The number of aromatic nitrogens is 3. The molecule has 0 spiro atoms. The zero-order valence-electron chi connectivity index (χ0n) is 9.86. The molecular weight excluding hydrogens is 308 g/mol. The van der Waals surface area contributed by atoms with Crippen LogP contribution in [0.4, 0.5) is 0 Å². The Labute approximate surface area is 117 Å². The van der Waals surface area contributed by atoms with Gasteiger partial charge in [0.15, 0.2) is 5.65 Å². The first-order valence-corrected chi connectivity index (χ1v) is 6.47. The van der Waals surface area contributed by atoms with E-state index in [1.54, 1.807) is 16.8 Å². The zero-order valence-corrected chi connectivity index (χ0v) is 11.4. The van der Waals surface area contributed by atoms with Crippen LogP contribution in [0.25, 0.3) is 16.9 Å². The molecule has 2 aromatic heterocycles. The Morgan fingerprint density at radius 2 is 2.16 bits per heavy atom. The average Bonchev–Trinajstić information content (AvgIpc) is 2.81. The lowest BCUT2D eigenvalue weighted by Gasteiger charge is -2.02. The fourth-order valence-corrected chi connectivity index (χ4v) is 2.26. The molecule has 3 aromatic rings. The molecule has 0 bridgehead atoms. The largest absolute Gasteiger partial charge is 0.373 e. The van der Waals surface area contributed by atoms with Crippen molar-refractivity contribution in [1.82, 2.24) is 14.4 Å². The highest BCUT2D eigenvalue weighted by atomic mass is 79.9. The molecule has 0 fully saturated rings. The van der Waals surface area contributed by atoms with Crippen LogP contribution in [-0.4, -0.2) is 19.5 Å². The molecule has 0 radical (unpaired) electrons. The smallest absolute Gasteiger partial charge is 0.155 e. The summed E-state index contributed by atoms with van der Waals surface area (Å²) in [5, 5.41) is 9.32. The van der Waals surface area contributed by atoms with E-state index in [1.807, 2.05) is 30.5 Å². The minimum absolute atomic E-state index is 0.424. The van der Waals surface area contributed by atoms with E-state index in [-0.39, 0.29) is 0 Å². The van der Waals surface area contributed by atoms with Crippen LogP contribution in [0, 0.1) is 0 Å². The van der Waals surface area contributed by atoms with Gasteiger partial charge in [0.1, 0.15) is 11.9 Å². The Morgan fingerprint density at radius 1 is 1.32 bits per heavy atom.